The lowest BCUT2D eigenvalue weighted by Gasteiger charge is -2.24. The summed E-state index contributed by atoms with van der Waals surface area (Å²) in [6, 6.07) is 7.10. The molecule has 118 valence electrons. The Bertz CT molecular complexity index is 652. The Morgan fingerprint density at radius 2 is 2.23 bits per heavy atom. The van der Waals surface area contributed by atoms with Crippen LogP contribution in [0.3, 0.4) is 0 Å². The van der Waals surface area contributed by atoms with Gasteiger partial charge in [-0.3, -0.25) is 4.79 Å². The van der Waals surface area contributed by atoms with Gasteiger partial charge in [0.2, 0.25) is 0 Å². The zero-order valence-electron chi connectivity index (χ0n) is 13.1. The van der Waals surface area contributed by atoms with E-state index in [4.69, 9.17) is 10.5 Å². The average Bonchev–Trinajstić information content (AvgIpc) is 2.91. The van der Waals surface area contributed by atoms with Crippen molar-refractivity contribution in [3.05, 3.63) is 45.9 Å². The summed E-state index contributed by atoms with van der Waals surface area (Å²) in [7, 11) is 0. The first-order chi connectivity index (χ1) is 10.4. The van der Waals surface area contributed by atoms with Crippen molar-refractivity contribution in [1.82, 2.24) is 10.3 Å². The van der Waals surface area contributed by atoms with Crippen LogP contribution in [-0.4, -0.2) is 23.0 Å². The van der Waals surface area contributed by atoms with Crippen LogP contribution in [-0.2, 0) is 6.61 Å². The second-order valence-corrected chi connectivity index (χ2v) is 6.78. The van der Waals surface area contributed by atoms with Gasteiger partial charge in [0.25, 0.3) is 5.91 Å². The van der Waals surface area contributed by atoms with Crippen LogP contribution in [0.4, 0.5) is 0 Å². The fourth-order valence-electron chi connectivity index (χ4n) is 1.79. The van der Waals surface area contributed by atoms with Crippen molar-refractivity contribution < 1.29 is 9.53 Å². The topological polar surface area (TPSA) is 77.2 Å². The van der Waals surface area contributed by atoms with Crippen LogP contribution in [0.25, 0.3) is 0 Å². The molecule has 0 saturated heterocycles. The monoisotopic (exact) mass is 319 g/mol. The summed E-state index contributed by atoms with van der Waals surface area (Å²) in [6.45, 7) is 6.49. The minimum Gasteiger partial charge on any atom is -0.487 e. The van der Waals surface area contributed by atoms with E-state index in [1.54, 1.807) is 29.5 Å². The Hall–Kier alpha value is -1.92. The molecule has 0 aliphatic carbocycles. The molecule has 1 heterocycles. The van der Waals surface area contributed by atoms with E-state index in [-0.39, 0.29) is 5.91 Å². The molecule has 0 bridgehead atoms. The van der Waals surface area contributed by atoms with Gasteiger partial charge in [-0.1, -0.05) is 6.07 Å². The van der Waals surface area contributed by atoms with Crippen LogP contribution >= 0.6 is 11.3 Å². The number of carbonyl (C=O) groups excluding carboxylic acids is 1. The molecule has 0 spiro atoms. The van der Waals surface area contributed by atoms with Gasteiger partial charge < -0.3 is 15.8 Å². The highest BCUT2D eigenvalue weighted by Crippen LogP contribution is 2.17. The largest absolute Gasteiger partial charge is 0.487 e. The Balaban J connectivity index is 2.01. The lowest BCUT2D eigenvalue weighted by atomic mass is 10.1. The van der Waals surface area contributed by atoms with E-state index in [2.05, 4.69) is 10.3 Å². The molecule has 0 aliphatic heterocycles. The van der Waals surface area contributed by atoms with E-state index in [0.29, 0.717) is 24.5 Å². The van der Waals surface area contributed by atoms with Crippen molar-refractivity contribution in [2.24, 2.45) is 5.73 Å². The van der Waals surface area contributed by atoms with Crippen LogP contribution in [0.1, 0.15) is 34.9 Å². The van der Waals surface area contributed by atoms with E-state index in [9.17, 15) is 4.79 Å². The number of benzene rings is 1. The molecule has 0 fully saturated rings. The second kappa shape index (κ2) is 6.89. The smallest absolute Gasteiger partial charge is 0.251 e. The Morgan fingerprint density at radius 3 is 2.86 bits per heavy atom. The maximum absolute atomic E-state index is 12.2. The number of nitrogens with zero attached hydrogens (tertiary/aromatic N) is 1. The number of aryl methyl sites for hydroxylation is 1. The summed E-state index contributed by atoms with van der Waals surface area (Å²) in [4.78, 5) is 16.6. The number of ether oxygens (including phenoxy) is 1. The van der Waals surface area contributed by atoms with Crippen molar-refractivity contribution in [1.29, 1.82) is 0 Å². The molecule has 1 aromatic carbocycles. The fourth-order valence-corrected chi connectivity index (χ4v) is 2.39. The molecule has 1 aromatic heterocycles. The molecule has 0 aliphatic rings. The standard InChI is InChI=1S/C16H21N3O2S/c1-11-18-13(9-22-11)8-21-14-6-4-5-12(7-14)15(20)19-16(2,3)10-17/h4-7,9H,8,10,17H2,1-3H3,(H,19,20). The molecule has 0 atom stereocenters. The summed E-state index contributed by atoms with van der Waals surface area (Å²) in [6.07, 6.45) is 0. The lowest BCUT2D eigenvalue weighted by Crippen LogP contribution is -2.48. The molecule has 2 aromatic rings. The number of thiazole rings is 1. The molecule has 1 amide bonds. The number of nitrogens with one attached hydrogen (secondary N) is 1. The minimum absolute atomic E-state index is 0.162. The van der Waals surface area contributed by atoms with E-state index >= 15 is 0 Å². The maximum Gasteiger partial charge on any atom is 0.251 e. The number of aromatic nitrogens is 1. The van der Waals surface area contributed by atoms with E-state index in [1.165, 1.54) is 0 Å². The molecule has 6 heteroatoms. The molecule has 0 saturated carbocycles. The molecule has 22 heavy (non-hydrogen) atoms. The first kappa shape index (κ1) is 16.5. The summed E-state index contributed by atoms with van der Waals surface area (Å²) < 4.78 is 5.69. The van der Waals surface area contributed by atoms with E-state index in [1.807, 2.05) is 32.2 Å². The zero-order valence-corrected chi connectivity index (χ0v) is 13.9. The van der Waals surface area contributed by atoms with Gasteiger partial charge in [-0.25, -0.2) is 4.98 Å². The number of hydrogen-bond donors (Lipinski definition) is 2. The third-order valence-electron chi connectivity index (χ3n) is 3.11. The van der Waals surface area contributed by atoms with Gasteiger partial charge in [0.05, 0.1) is 10.7 Å². The number of rotatable bonds is 6. The normalized spacial score (nSPS) is 11.3. The van der Waals surface area contributed by atoms with Crippen molar-refractivity contribution in [2.75, 3.05) is 6.54 Å². The van der Waals surface area contributed by atoms with Crippen LogP contribution in [0.2, 0.25) is 0 Å². The van der Waals surface area contributed by atoms with Gasteiger partial charge >= 0.3 is 0 Å². The zero-order chi connectivity index (χ0) is 16.2. The van der Waals surface area contributed by atoms with Crippen LogP contribution in [0.15, 0.2) is 29.6 Å². The van der Waals surface area contributed by atoms with Crippen LogP contribution < -0.4 is 15.8 Å². The molecule has 2 rings (SSSR count). The summed E-state index contributed by atoms with van der Waals surface area (Å²) in [5.41, 5.74) is 6.63. The van der Waals surface area contributed by atoms with E-state index < -0.39 is 5.54 Å². The number of nitrogens with two attached hydrogens (primary N) is 1. The first-order valence-corrected chi connectivity index (χ1v) is 7.94. The third-order valence-corrected chi connectivity index (χ3v) is 3.93. The molecular formula is C16H21N3O2S. The summed E-state index contributed by atoms with van der Waals surface area (Å²) in [5.74, 6) is 0.481. The Morgan fingerprint density at radius 1 is 1.45 bits per heavy atom. The van der Waals surface area contributed by atoms with Crippen molar-refractivity contribution in [2.45, 2.75) is 32.9 Å². The van der Waals surface area contributed by atoms with Crippen LogP contribution in [0.5, 0.6) is 5.75 Å². The van der Waals surface area contributed by atoms with Crippen LogP contribution in [0, 0.1) is 6.92 Å². The average molecular weight is 319 g/mol. The van der Waals surface area contributed by atoms with Gasteiger partial charge in [0, 0.05) is 23.0 Å². The SMILES string of the molecule is Cc1nc(COc2cccc(C(=O)NC(C)(C)CN)c2)cs1. The maximum atomic E-state index is 12.2. The second-order valence-electron chi connectivity index (χ2n) is 5.72. The highest BCUT2D eigenvalue weighted by Gasteiger charge is 2.19. The van der Waals surface area contributed by atoms with Crippen molar-refractivity contribution in [3.63, 3.8) is 0 Å². The van der Waals surface area contributed by atoms with Gasteiger partial charge in [-0.15, -0.1) is 11.3 Å². The molecular weight excluding hydrogens is 298 g/mol. The lowest BCUT2D eigenvalue weighted by molar-refractivity contribution is 0.0915. The van der Waals surface area contributed by atoms with Gasteiger partial charge in [-0.05, 0) is 39.0 Å². The molecule has 5 nitrogen and oxygen atoms in total. The Labute approximate surface area is 134 Å². The van der Waals surface area contributed by atoms with E-state index in [0.717, 1.165) is 10.7 Å². The van der Waals surface area contributed by atoms with Crippen molar-refractivity contribution >= 4 is 17.2 Å². The number of amides is 1. The number of carbonyl (C=O) groups is 1. The van der Waals surface area contributed by atoms with Crippen molar-refractivity contribution in [3.8, 4) is 5.75 Å². The highest BCUT2D eigenvalue weighted by atomic mass is 32.1. The predicted octanol–water partition coefficient (Wildman–Crippen LogP) is 2.50. The summed E-state index contributed by atoms with van der Waals surface area (Å²) >= 11 is 1.59. The minimum atomic E-state index is -0.438. The summed E-state index contributed by atoms with van der Waals surface area (Å²) in [5, 5.41) is 5.87. The Kier molecular flexibility index (Phi) is 5.15. The quantitative estimate of drug-likeness (QED) is 0.857. The molecule has 0 radical (unpaired) electrons. The molecule has 0 unspecified atom stereocenters. The molecule has 3 N–H and O–H groups in total. The predicted molar refractivity (Wildman–Crippen MR) is 88.2 cm³/mol. The first-order valence-electron chi connectivity index (χ1n) is 7.06. The number of hydrogen-bond acceptors (Lipinski definition) is 5. The van der Waals surface area contributed by atoms with Gasteiger partial charge in [0.1, 0.15) is 12.4 Å². The highest BCUT2D eigenvalue weighted by molar-refractivity contribution is 7.09. The fraction of sp³-hybridized carbons (Fsp3) is 0.375. The third kappa shape index (κ3) is 4.54. The van der Waals surface area contributed by atoms with Gasteiger partial charge in [0.15, 0.2) is 0 Å². The van der Waals surface area contributed by atoms with Gasteiger partial charge in [-0.2, -0.15) is 0 Å².